The highest BCUT2D eigenvalue weighted by Crippen LogP contribution is 2.43. The van der Waals surface area contributed by atoms with E-state index in [0.29, 0.717) is 6.92 Å². The van der Waals surface area contributed by atoms with Crippen LogP contribution in [0.2, 0.25) is 0 Å². The molecule has 1 aromatic rings. The lowest BCUT2D eigenvalue weighted by Crippen LogP contribution is -2.38. The molecule has 3 unspecified atom stereocenters. The van der Waals surface area contributed by atoms with E-state index in [-0.39, 0.29) is 0 Å². The summed E-state index contributed by atoms with van der Waals surface area (Å²) in [5.41, 5.74) is -4.71. The van der Waals surface area contributed by atoms with Crippen LogP contribution in [0, 0.1) is 29.2 Å². The minimum absolute atomic E-state index is 0.577. The Morgan fingerprint density at radius 2 is 1.28 bits per heavy atom. The molecule has 1 aromatic carbocycles. The highest BCUT2D eigenvalue weighted by atomic mass is 127. The number of benzene rings is 1. The Hall–Kier alpha value is -0.830. The maximum absolute atomic E-state index is 13.9. The summed E-state index contributed by atoms with van der Waals surface area (Å²) in [5.74, 6) is -13.0. The molecule has 0 amide bonds. The number of halogens is 11. The zero-order chi connectivity index (χ0) is 19.9. The molecule has 1 rings (SSSR count). The maximum Gasteiger partial charge on any atom is 0.422 e. The van der Waals surface area contributed by atoms with Crippen molar-refractivity contribution >= 4 is 23.0 Å². The van der Waals surface area contributed by atoms with Crippen molar-refractivity contribution in [1.82, 2.24) is 0 Å². The van der Waals surface area contributed by atoms with Crippen molar-refractivity contribution in [2.45, 2.75) is 31.5 Å². The number of hydrogen-bond donors (Lipinski definition) is 1. The van der Waals surface area contributed by atoms with Crippen LogP contribution in [-0.2, 0) is 9.24 Å². The van der Waals surface area contributed by atoms with Gasteiger partial charge in [-0.2, -0.15) is 26.3 Å². The standard InChI is InChI=1S/C12H7F10IO2/c1-2(10(24)12(20,21)22)9(25-23)3-5(13)7(15)4(11(17,18)19)8(16)6(3)14/h2,9-10,24H,1H3. The van der Waals surface area contributed by atoms with Crippen molar-refractivity contribution in [1.29, 1.82) is 0 Å². The fourth-order valence-electron chi connectivity index (χ4n) is 2.00. The smallest absolute Gasteiger partial charge is 0.383 e. The van der Waals surface area contributed by atoms with Crippen LogP contribution in [0.1, 0.15) is 24.2 Å². The number of aliphatic hydroxyl groups is 1. The molecule has 0 aliphatic carbocycles. The van der Waals surface area contributed by atoms with Gasteiger partial charge < -0.3 is 8.17 Å². The van der Waals surface area contributed by atoms with Crippen LogP contribution in [-0.4, -0.2) is 17.4 Å². The predicted molar refractivity (Wildman–Crippen MR) is 70.3 cm³/mol. The molecule has 0 saturated heterocycles. The van der Waals surface area contributed by atoms with Crippen LogP contribution < -0.4 is 0 Å². The summed E-state index contributed by atoms with van der Waals surface area (Å²) in [7, 11) is 0. The van der Waals surface area contributed by atoms with Gasteiger partial charge in [0, 0.05) is 5.92 Å². The first-order chi connectivity index (χ1) is 11.2. The Labute approximate surface area is 147 Å². The fourth-order valence-corrected chi connectivity index (χ4v) is 2.72. The predicted octanol–water partition coefficient (Wildman–Crippen LogP) is 5.23. The van der Waals surface area contributed by atoms with Crippen LogP contribution in [0.15, 0.2) is 0 Å². The highest BCUT2D eigenvalue weighted by Gasteiger charge is 2.48. The highest BCUT2D eigenvalue weighted by molar-refractivity contribution is 14.1. The molecule has 0 aromatic heterocycles. The van der Waals surface area contributed by atoms with E-state index >= 15 is 0 Å². The number of rotatable bonds is 4. The van der Waals surface area contributed by atoms with Gasteiger partial charge in [-0.05, 0) is 0 Å². The largest absolute Gasteiger partial charge is 0.422 e. The SMILES string of the molecule is CC(C(OI)c1c(F)c(F)c(C(F)(F)F)c(F)c1F)C(O)C(F)(F)F. The summed E-state index contributed by atoms with van der Waals surface area (Å²) in [6.07, 6.45) is -16.8. The molecular weight excluding hydrogens is 493 g/mol. The van der Waals surface area contributed by atoms with E-state index in [1.165, 1.54) is 0 Å². The lowest BCUT2D eigenvalue weighted by atomic mass is 9.90. The average Bonchev–Trinajstić information content (AvgIpc) is 2.46. The lowest BCUT2D eigenvalue weighted by molar-refractivity contribution is -0.224. The molecule has 0 aliphatic rings. The number of aliphatic hydroxyl groups excluding tert-OH is 1. The Bertz CT molecular complexity index is 613. The Morgan fingerprint density at radius 1 is 0.880 bits per heavy atom. The van der Waals surface area contributed by atoms with Crippen LogP contribution in [0.3, 0.4) is 0 Å². The van der Waals surface area contributed by atoms with Crippen LogP contribution >= 0.6 is 23.0 Å². The third-order valence-electron chi connectivity index (χ3n) is 3.27. The van der Waals surface area contributed by atoms with Gasteiger partial charge in [-0.15, -0.1) is 0 Å². The van der Waals surface area contributed by atoms with Gasteiger partial charge in [-0.1, -0.05) is 6.92 Å². The van der Waals surface area contributed by atoms with E-state index < -0.39 is 64.9 Å². The van der Waals surface area contributed by atoms with Crippen molar-refractivity contribution in [3.05, 3.63) is 34.4 Å². The molecule has 144 valence electrons. The fraction of sp³-hybridized carbons (Fsp3) is 0.500. The molecule has 0 bridgehead atoms. The molecule has 0 heterocycles. The van der Waals surface area contributed by atoms with Gasteiger partial charge in [-0.25, -0.2) is 17.6 Å². The third-order valence-corrected chi connectivity index (χ3v) is 3.82. The molecule has 0 radical (unpaired) electrons. The quantitative estimate of drug-likeness (QED) is 0.349. The number of alkyl halides is 6. The van der Waals surface area contributed by atoms with E-state index in [1.54, 1.807) is 0 Å². The number of hydrogen-bond acceptors (Lipinski definition) is 2. The van der Waals surface area contributed by atoms with Gasteiger partial charge in [0.2, 0.25) is 0 Å². The molecule has 2 nitrogen and oxygen atoms in total. The topological polar surface area (TPSA) is 29.5 Å². The molecule has 0 spiro atoms. The van der Waals surface area contributed by atoms with E-state index in [2.05, 4.69) is 3.07 Å². The lowest BCUT2D eigenvalue weighted by Gasteiger charge is -2.28. The summed E-state index contributed by atoms with van der Waals surface area (Å²) in [6, 6.07) is 0. The Morgan fingerprint density at radius 3 is 1.56 bits per heavy atom. The zero-order valence-corrected chi connectivity index (χ0v) is 13.9. The second-order valence-electron chi connectivity index (χ2n) is 4.90. The van der Waals surface area contributed by atoms with Crippen molar-refractivity contribution < 1.29 is 52.1 Å². The van der Waals surface area contributed by atoms with E-state index in [9.17, 15) is 43.9 Å². The summed E-state index contributed by atoms with van der Waals surface area (Å²) < 4.78 is 134. The average molecular weight is 500 g/mol. The monoisotopic (exact) mass is 500 g/mol. The molecule has 0 saturated carbocycles. The van der Waals surface area contributed by atoms with E-state index in [1.807, 2.05) is 0 Å². The third kappa shape index (κ3) is 4.30. The van der Waals surface area contributed by atoms with Crippen molar-refractivity contribution in [3.8, 4) is 0 Å². The zero-order valence-electron chi connectivity index (χ0n) is 11.7. The molecule has 25 heavy (non-hydrogen) atoms. The Balaban J connectivity index is 3.61. The molecular formula is C12H7F10IO2. The summed E-state index contributed by atoms with van der Waals surface area (Å²) in [4.78, 5) is 0. The van der Waals surface area contributed by atoms with Gasteiger partial charge >= 0.3 is 12.4 Å². The first kappa shape index (κ1) is 22.2. The van der Waals surface area contributed by atoms with Crippen LogP contribution in [0.25, 0.3) is 0 Å². The van der Waals surface area contributed by atoms with Gasteiger partial charge in [0.25, 0.3) is 0 Å². The first-order valence-corrected chi connectivity index (χ1v) is 6.99. The van der Waals surface area contributed by atoms with Crippen molar-refractivity contribution in [3.63, 3.8) is 0 Å². The van der Waals surface area contributed by atoms with E-state index in [4.69, 9.17) is 5.11 Å². The second kappa shape index (κ2) is 7.42. The van der Waals surface area contributed by atoms with Gasteiger partial charge in [-0.3, -0.25) is 0 Å². The molecule has 0 fully saturated rings. The summed E-state index contributed by atoms with van der Waals surface area (Å²) in [5, 5.41) is 9.10. The normalized spacial score (nSPS) is 16.7. The maximum atomic E-state index is 13.9. The molecule has 1 N–H and O–H groups in total. The molecule has 3 atom stereocenters. The van der Waals surface area contributed by atoms with E-state index in [0.717, 1.165) is 23.0 Å². The van der Waals surface area contributed by atoms with Gasteiger partial charge in [0.15, 0.2) is 29.4 Å². The van der Waals surface area contributed by atoms with Crippen molar-refractivity contribution in [2.75, 3.05) is 0 Å². The Kier molecular flexibility index (Phi) is 6.59. The summed E-state index contributed by atoms with van der Waals surface area (Å²) >= 11 is 0.832. The second-order valence-corrected chi connectivity index (χ2v) is 5.41. The molecule has 13 heteroatoms. The first-order valence-electron chi connectivity index (χ1n) is 6.11. The molecule has 0 aliphatic heterocycles. The van der Waals surface area contributed by atoms with Crippen molar-refractivity contribution in [2.24, 2.45) is 5.92 Å². The minimum Gasteiger partial charge on any atom is -0.383 e. The van der Waals surface area contributed by atoms with Crippen LogP contribution in [0.5, 0.6) is 0 Å². The summed E-state index contributed by atoms with van der Waals surface area (Å²) in [6.45, 7) is 0.577. The minimum atomic E-state index is -5.80. The van der Waals surface area contributed by atoms with Gasteiger partial charge in [0.1, 0.15) is 34.7 Å². The van der Waals surface area contributed by atoms with Crippen LogP contribution in [0.4, 0.5) is 43.9 Å². The van der Waals surface area contributed by atoms with Gasteiger partial charge in [0.05, 0.1) is 5.56 Å².